The first-order valence-electron chi connectivity index (χ1n) is 6.26. The van der Waals surface area contributed by atoms with Gasteiger partial charge in [-0.1, -0.05) is 0 Å². The first-order valence-corrected chi connectivity index (χ1v) is 6.26. The number of hydrogen-bond donors (Lipinski definition) is 1. The van der Waals surface area contributed by atoms with Crippen molar-refractivity contribution in [3.8, 4) is 0 Å². The maximum absolute atomic E-state index is 12.1. The quantitative estimate of drug-likeness (QED) is 0.845. The molecule has 1 aliphatic carbocycles. The number of nitrogens with two attached hydrogens (primary N) is 1. The lowest BCUT2D eigenvalue weighted by Crippen LogP contribution is -2.11. The highest BCUT2D eigenvalue weighted by atomic mass is 16.5. The van der Waals surface area contributed by atoms with Gasteiger partial charge in [0.25, 0.3) is 0 Å². The van der Waals surface area contributed by atoms with Gasteiger partial charge in [0.2, 0.25) is 0 Å². The summed E-state index contributed by atoms with van der Waals surface area (Å²) in [4.78, 5) is 12.1. The summed E-state index contributed by atoms with van der Waals surface area (Å²) in [5.41, 5.74) is 7.60. The average Bonchev–Trinajstić information content (AvgIpc) is 3.03. The Hall–Kier alpha value is -2.24. The highest BCUT2D eigenvalue weighted by Crippen LogP contribution is 2.37. The molecule has 1 aliphatic rings. The summed E-state index contributed by atoms with van der Waals surface area (Å²) in [5.74, 6) is -0.353. The van der Waals surface area contributed by atoms with Crippen LogP contribution in [0.3, 0.4) is 0 Å². The van der Waals surface area contributed by atoms with Crippen molar-refractivity contribution in [1.82, 2.24) is 14.3 Å². The molecule has 0 aliphatic heterocycles. The molecule has 2 aromatic rings. The number of esters is 1. The average molecular weight is 260 g/mol. The Bertz CT molecular complexity index is 610. The molecular weight excluding hydrogens is 244 g/mol. The molecule has 0 unspecified atom stereocenters. The van der Waals surface area contributed by atoms with Crippen LogP contribution in [-0.4, -0.2) is 20.3 Å². The minimum absolute atomic E-state index is 0.176. The summed E-state index contributed by atoms with van der Waals surface area (Å²) in [6, 6.07) is 3.88. The molecule has 1 saturated carbocycles. The van der Waals surface area contributed by atoms with E-state index in [-0.39, 0.29) is 12.6 Å². The van der Waals surface area contributed by atoms with Crippen molar-refractivity contribution < 1.29 is 9.53 Å². The Balaban J connectivity index is 1.70. The fourth-order valence-electron chi connectivity index (χ4n) is 2.07. The summed E-state index contributed by atoms with van der Waals surface area (Å²) in [6.07, 6.45) is 5.80. The topological polar surface area (TPSA) is 75.1 Å². The predicted molar refractivity (Wildman–Crippen MR) is 69.4 cm³/mol. The van der Waals surface area contributed by atoms with Crippen LogP contribution in [0.25, 0.3) is 0 Å². The number of nitrogens with zero attached hydrogens (tertiary/aromatic N) is 3. The fourth-order valence-corrected chi connectivity index (χ4v) is 2.07. The summed E-state index contributed by atoms with van der Waals surface area (Å²) in [5, 5.41) is 4.16. The molecule has 2 heterocycles. The van der Waals surface area contributed by atoms with E-state index in [0.29, 0.717) is 17.4 Å². The van der Waals surface area contributed by atoms with Crippen LogP contribution in [0.1, 0.15) is 35.1 Å². The lowest BCUT2D eigenvalue weighted by Gasteiger charge is -2.06. The van der Waals surface area contributed by atoms with Crippen molar-refractivity contribution >= 4 is 11.7 Å². The van der Waals surface area contributed by atoms with Gasteiger partial charge in [-0.15, -0.1) is 0 Å². The third kappa shape index (κ3) is 2.47. The number of ether oxygens (including phenoxy) is 1. The zero-order valence-corrected chi connectivity index (χ0v) is 10.7. The number of carbonyl (C=O) groups excluding carboxylic acids is 1. The van der Waals surface area contributed by atoms with Crippen molar-refractivity contribution in [2.45, 2.75) is 25.5 Å². The number of aromatic nitrogens is 3. The van der Waals surface area contributed by atoms with E-state index in [2.05, 4.69) is 5.10 Å². The van der Waals surface area contributed by atoms with Crippen molar-refractivity contribution in [2.75, 3.05) is 5.73 Å². The van der Waals surface area contributed by atoms with Gasteiger partial charge in [-0.2, -0.15) is 5.10 Å². The standard InChI is InChI=1S/C13H16N4O2/c1-16-5-4-10(15-16)8-19-13(18)12-6-9(14)7-17(12)11-2-3-11/h4-7,11H,2-3,8,14H2,1H3. The molecule has 6 nitrogen and oxygen atoms in total. The molecule has 1 fully saturated rings. The largest absolute Gasteiger partial charge is 0.454 e. The third-order valence-electron chi connectivity index (χ3n) is 3.14. The molecule has 3 rings (SSSR count). The van der Waals surface area contributed by atoms with E-state index in [9.17, 15) is 4.79 Å². The lowest BCUT2D eigenvalue weighted by atomic mass is 10.4. The third-order valence-corrected chi connectivity index (χ3v) is 3.14. The summed E-state index contributed by atoms with van der Waals surface area (Å²) < 4.78 is 8.86. The molecule has 2 aromatic heterocycles. The Morgan fingerprint density at radius 1 is 1.58 bits per heavy atom. The van der Waals surface area contributed by atoms with Crippen molar-refractivity contribution in [1.29, 1.82) is 0 Å². The molecular formula is C13H16N4O2. The van der Waals surface area contributed by atoms with E-state index in [1.165, 1.54) is 0 Å². The van der Waals surface area contributed by atoms with Gasteiger partial charge in [0, 0.05) is 25.5 Å². The first-order chi connectivity index (χ1) is 9.13. The molecule has 0 aromatic carbocycles. The van der Waals surface area contributed by atoms with Crippen molar-refractivity contribution in [3.05, 3.63) is 35.9 Å². The molecule has 0 atom stereocenters. The zero-order chi connectivity index (χ0) is 13.4. The van der Waals surface area contributed by atoms with Gasteiger partial charge < -0.3 is 15.0 Å². The van der Waals surface area contributed by atoms with E-state index >= 15 is 0 Å². The number of rotatable bonds is 4. The number of nitrogen functional groups attached to an aromatic ring is 1. The van der Waals surface area contributed by atoms with Gasteiger partial charge in [-0.05, 0) is 25.0 Å². The van der Waals surface area contributed by atoms with Gasteiger partial charge in [-0.3, -0.25) is 4.68 Å². The van der Waals surface area contributed by atoms with Gasteiger partial charge in [0.05, 0.1) is 11.4 Å². The molecule has 2 N–H and O–H groups in total. The minimum atomic E-state index is -0.353. The lowest BCUT2D eigenvalue weighted by molar-refractivity contribution is 0.0454. The second kappa shape index (κ2) is 4.46. The van der Waals surface area contributed by atoms with Crippen molar-refractivity contribution in [3.63, 3.8) is 0 Å². The highest BCUT2D eigenvalue weighted by molar-refractivity contribution is 5.89. The van der Waals surface area contributed by atoms with E-state index in [1.54, 1.807) is 16.9 Å². The Morgan fingerprint density at radius 2 is 2.37 bits per heavy atom. The Morgan fingerprint density at radius 3 is 3.00 bits per heavy atom. The number of hydrogen-bond acceptors (Lipinski definition) is 4. The predicted octanol–water partition coefficient (Wildman–Crippen LogP) is 1.50. The molecule has 6 heteroatoms. The van der Waals surface area contributed by atoms with Gasteiger partial charge in [0.1, 0.15) is 12.3 Å². The molecule has 100 valence electrons. The molecule has 0 saturated heterocycles. The summed E-state index contributed by atoms with van der Waals surface area (Å²) in [7, 11) is 1.82. The molecule has 19 heavy (non-hydrogen) atoms. The van der Waals surface area contributed by atoms with Crippen LogP contribution in [-0.2, 0) is 18.4 Å². The number of carbonyl (C=O) groups is 1. The van der Waals surface area contributed by atoms with Crippen LogP contribution in [0.2, 0.25) is 0 Å². The smallest absolute Gasteiger partial charge is 0.355 e. The summed E-state index contributed by atoms with van der Waals surface area (Å²) in [6.45, 7) is 0.176. The van der Waals surface area contributed by atoms with Crippen molar-refractivity contribution in [2.24, 2.45) is 7.05 Å². The van der Waals surface area contributed by atoms with Crippen LogP contribution in [0.4, 0.5) is 5.69 Å². The molecule has 0 spiro atoms. The van der Waals surface area contributed by atoms with Gasteiger partial charge in [-0.25, -0.2) is 4.79 Å². The maximum atomic E-state index is 12.1. The Labute approximate surface area is 110 Å². The summed E-state index contributed by atoms with van der Waals surface area (Å²) >= 11 is 0. The first kappa shape index (κ1) is 11.8. The van der Waals surface area contributed by atoms with E-state index < -0.39 is 0 Å². The SMILES string of the molecule is Cn1ccc(COC(=O)c2cc(N)cn2C2CC2)n1. The van der Waals surface area contributed by atoms with Crippen LogP contribution in [0, 0.1) is 0 Å². The second-order valence-corrected chi connectivity index (χ2v) is 4.85. The van der Waals surface area contributed by atoms with Gasteiger partial charge in [0.15, 0.2) is 0 Å². The molecule has 0 amide bonds. The highest BCUT2D eigenvalue weighted by Gasteiger charge is 2.28. The van der Waals surface area contributed by atoms with Crippen LogP contribution in [0.5, 0.6) is 0 Å². The van der Waals surface area contributed by atoms with Crippen LogP contribution in [0.15, 0.2) is 24.5 Å². The van der Waals surface area contributed by atoms with E-state index in [4.69, 9.17) is 10.5 Å². The number of aryl methyl sites for hydroxylation is 1. The number of anilines is 1. The zero-order valence-electron chi connectivity index (χ0n) is 10.7. The maximum Gasteiger partial charge on any atom is 0.355 e. The van der Waals surface area contributed by atoms with E-state index in [0.717, 1.165) is 18.5 Å². The van der Waals surface area contributed by atoms with E-state index in [1.807, 2.05) is 23.9 Å². The minimum Gasteiger partial charge on any atom is -0.454 e. The van der Waals surface area contributed by atoms with Crippen LogP contribution < -0.4 is 5.73 Å². The second-order valence-electron chi connectivity index (χ2n) is 4.85. The van der Waals surface area contributed by atoms with Gasteiger partial charge >= 0.3 is 5.97 Å². The molecule has 0 bridgehead atoms. The normalized spacial score (nSPS) is 14.6. The van der Waals surface area contributed by atoms with Crippen LogP contribution >= 0.6 is 0 Å². The Kier molecular flexibility index (Phi) is 2.77. The fraction of sp³-hybridized carbons (Fsp3) is 0.385. The molecule has 0 radical (unpaired) electrons. The monoisotopic (exact) mass is 260 g/mol.